The molecule has 1 aromatic rings. The highest BCUT2D eigenvalue weighted by molar-refractivity contribution is 6.28. The first-order valence-corrected chi connectivity index (χ1v) is 7.74. The second-order valence-corrected chi connectivity index (χ2v) is 7.21. The van der Waals surface area contributed by atoms with Gasteiger partial charge in [-0.3, -0.25) is 19.7 Å². The van der Waals surface area contributed by atoms with Gasteiger partial charge in [0.15, 0.2) is 11.6 Å². The van der Waals surface area contributed by atoms with Gasteiger partial charge < -0.3 is 0 Å². The van der Waals surface area contributed by atoms with Crippen molar-refractivity contribution in [3.63, 3.8) is 0 Å². The smallest absolute Gasteiger partial charge is 0.276 e. The van der Waals surface area contributed by atoms with Crippen molar-refractivity contribution in [3.05, 3.63) is 45.5 Å². The van der Waals surface area contributed by atoms with Crippen LogP contribution in [0, 0.1) is 26.9 Å². The maximum atomic E-state index is 13.0. The van der Waals surface area contributed by atoms with Crippen molar-refractivity contribution in [1.29, 1.82) is 0 Å². The van der Waals surface area contributed by atoms with E-state index in [0.717, 1.165) is 0 Å². The lowest BCUT2D eigenvalue weighted by Gasteiger charge is -2.44. The Hall–Kier alpha value is -2.30. The third-order valence-corrected chi connectivity index (χ3v) is 5.99. The molecule has 2 fully saturated rings. The van der Waals surface area contributed by atoms with E-state index in [0.29, 0.717) is 18.4 Å². The number of nitro groups is 1. The SMILES string of the molecule is CC1(C)[C@@H]2CC[C@]1(C)C(=O)/C(=C/c1ccccc1[N+](=O)[O-])C2=O. The number of Topliss-reactive ketones (excluding diaryl/α,β-unsaturated/α-hetero) is 2. The van der Waals surface area contributed by atoms with E-state index in [1.54, 1.807) is 18.2 Å². The van der Waals surface area contributed by atoms with E-state index in [2.05, 4.69) is 0 Å². The van der Waals surface area contributed by atoms with Crippen molar-refractivity contribution in [3.8, 4) is 0 Å². The average Bonchev–Trinajstić information content (AvgIpc) is 2.69. The summed E-state index contributed by atoms with van der Waals surface area (Å²) in [5, 5.41) is 11.1. The number of carbonyl (C=O) groups is 2. The minimum atomic E-state index is -0.582. The maximum Gasteiger partial charge on any atom is 0.276 e. The zero-order valence-electron chi connectivity index (χ0n) is 13.5. The first kappa shape index (κ1) is 15.6. The summed E-state index contributed by atoms with van der Waals surface area (Å²) in [7, 11) is 0. The Morgan fingerprint density at radius 2 is 1.87 bits per heavy atom. The summed E-state index contributed by atoms with van der Waals surface area (Å²) in [6.07, 6.45) is 2.79. The van der Waals surface area contributed by atoms with Crippen LogP contribution in [0.15, 0.2) is 29.8 Å². The molecule has 3 rings (SSSR count). The third kappa shape index (κ3) is 1.99. The van der Waals surface area contributed by atoms with Crippen LogP contribution in [-0.4, -0.2) is 16.5 Å². The number of rotatable bonds is 2. The molecule has 0 aliphatic heterocycles. The molecule has 0 unspecified atom stereocenters. The largest absolute Gasteiger partial charge is 0.294 e. The second kappa shape index (κ2) is 4.85. The number of ketones is 2. The van der Waals surface area contributed by atoms with Crippen LogP contribution in [0.3, 0.4) is 0 Å². The predicted octanol–water partition coefficient (Wildman–Crippen LogP) is 3.57. The van der Waals surface area contributed by atoms with E-state index >= 15 is 0 Å². The van der Waals surface area contributed by atoms with Gasteiger partial charge in [-0.05, 0) is 30.4 Å². The monoisotopic (exact) mass is 313 g/mol. The Morgan fingerprint density at radius 1 is 1.22 bits per heavy atom. The van der Waals surface area contributed by atoms with Crippen LogP contribution in [-0.2, 0) is 9.59 Å². The molecule has 120 valence electrons. The quantitative estimate of drug-likeness (QED) is 0.362. The summed E-state index contributed by atoms with van der Waals surface area (Å²) in [5.74, 6) is -0.549. The molecular formula is C18H19NO4. The normalized spacial score (nSPS) is 30.7. The molecule has 0 saturated heterocycles. The Balaban J connectivity index is 2.14. The van der Waals surface area contributed by atoms with Gasteiger partial charge >= 0.3 is 0 Å². The number of fused-ring (bicyclic) bond motifs is 2. The molecule has 0 spiro atoms. The zero-order chi connectivity index (χ0) is 17.0. The summed E-state index contributed by atoms with van der Waals surface area (Å²) >= 11 is 0. The number of hydrogen-bond donors (Lipinski definition) is 0. The summed E-state index contributed by atoms with van der Waals surface area (Å²) in [4.78, 5) is 36.4. The van der Waals surface area contributed by atoms with Crippen LogP contribution in [0.5, 0.6) is 0 Å². The highest BCUT2D eigenvalue weighted by Gasteiger charge is 2.63. The van der Waals surface area contributed by atoms with Gasteiger partial charge in [0.1, 0.15) is 0 Å². The number of allylic oxidation sites excluding steroid dienone is 1. The van der Waals surface area contributed by atoms with Crippen molar-refractivity contribution >= 4 is 23.3 Å². The van der Waals surface area contributed by atoms with Crippen LogP contribution in [0.4, 0.5) is 5.69 Å². The van der Waals surface area contributed by atoms with Gasteiger partial charge in [-0.15, -0.1) is 0 Å². The molecule has 5 heteroatoms. The fourth-order valence-corrected chi connectivity index (χ4v) is 4.03. The van der Waals surface area contributed by atoms with E-state index in [4.69, 9.17) is 0 Å². The molecule has 23 heavy (non-hydrogen) atoms. The molecule has 0 amide bonds. The van der Waals surface area contributed by atoms with Gasteiger partial charge in [-0.2, -0.15) is 0 Å². The fourth-order valence-electron chi connectivity index (χ4n) is 4.03. The molecule has 2 aliphatic carbocycles. The van der Waals surface area contributed by atoms with Crippen molar-refractivity contribution in [2.75, 3.05) is 0 Å². The van der Waals surface area contributed by atoms with Gasteiger partial charge in [0.25, 0.3) is 5.69 Å². The van der Waals surface area contributed by atoms with Gasteiger partial charge in [0, 0.05) is 17.4 Å². The summed E-state index contributed by atoms with van der Waals surface area (Å²) < 4.78 is 0. The molecule has 0 N–H and O–H groups in total. The van der Waals surface area contributed by atoms with Gasteiger partial charge in [0.05, 0.1) is 16.1 Å². The molecule has 0 heterocycles. The number of nitro benzene ring substituents is 1. The molecule has 2 saturated carbocycles. The van der Waals surface area contributed by atoms with Crippen LogP contribution < -0.4 is 0 Å². The maximum absolute atomic E-state index is 13.0. The van der Waals surface area contributed by atoms with Crippen molar-refractivity contribution in [1.82, 2.24) is 0 Å². The first-order valence-electron chi connectivity index (χ1n) is 7.74. The number of benzene rings is 1. The average molecular weight is 313 g/mol. The number of carbonyl (C=O) groups excluding carboxylic acids is 2. The molecule has 2 aliphatic rings. The predicted molar refractivity (Wildman–Crippen MR) is 85.7 cm³/mol. The molecular weight excluding hydrogens is 294 g/mol. The second-order valence-electron chi connectivity index (χ2n) is 7.21. The van der Waals surface area contributed by atoms with Crippen LogP contribution in [0.2, 0.25) is 0 Å². The van der Waals surface area contributed by atoms with Crippen molar-refractivity contribution < 1.29 is 14.5 Å². The zero-order valence-corrected chi connectivity index (χ0v) is 13.5. The molecule has 2 atom stereocenters. The lowest BCUT2D eigenvalue weighted by Crippen LogP contribution is -2.49. The van der Waals surface area contributed by atoms with E-state index < -0.39 is 10.3 Å². The fraction of sp³-hybridized carbons (Fsp3) is 0.444. The topological polar surface area (TPSA) is 77.3 Å². The lowest BCUT2D eigenvalue weighted by molar-refractivity contribution is -0.385. The molecule has 5 nitrogen and oxygen atoms in total. The Kier molecular flexibility index (Phi) is 3.29. The Labute approximate surface area is 134 Å². The van der Waals surface area contributed by atoms with Gasteiger partial charge in [0.2, 0.25) is 0 Å². The minimum Gasteiger partial charge on any atom is -0.294 e. The number of hydrogen-bond acceptors (Lipinski definition) is 4. The highest BCUT2D eigenvalue weighted by atomic mass is 16.6. The van der Waals surface area contributed by atoms with E-state index in [1.165, 1.54) is 12.1 Å². The molecule has 2 bridgehead atoms. The van der Waals surface area contributed by atoms with Gasteiger partial charge in [-0.1, -0.05) is 32.9 Å². The van der Waals surface area contributed by atoms with Gasteiger partial charge in [-0.25, -0.2) is 0 Å². The summed E-state index contributed by atoms with van der Waals surface area (Å²) in [6.45, 7) is 5.86. The standard InChI is InChI=1S/C18H19NO4/c1-17(2)13-8-9-18(17,3)16(21)12(15(13)20)10-11-6-4-5-7-14(11)19(22)23/h4-7,10,13H,8-9H2,1-3H3/b12-10+/t13-,18-/m1/s1. The third-order valence-electron chi connectivity index (χ3n) is 5.99. The molecule has 0 radical (unpaired) electrons. The number of para-hydroxylation sites is 1. The Morgan fingerprint density at radius 3 is 2.52 bits per heavy atom. The van der Waals surface area contributed by atoms with Crippen LogP contribution >= 0.6 is 0 Å². The molecule has 1 aromatic carbocycles. The highest BCUT2D eigenvalue weighted by Crippen LogP contribution is 2.61. The molecule has 0 aromatic heterocycles. The van der Waals surface area contributed by atoms with E-state index in [1.807, 2.05) is 20.8 Å². The summed E-state index contributed by atoms with van der Waals surface area (Å²) in [5.41, 5.74) is -0.634. The van der Waals surface area contributed by atoms with E-state index in [-0.39, 0.29) is 34.2 Å². The van der Waals surface area contributed by atoms with Crippen molar-refractivity contribution in [2.45, 2.75) is 33.6 Å². The summed E-state index contributed by atoms with van der Waals surface area (Å²) in [6, 6.07) is 6.18. The van der Waals surface area contributed by atoms with E-state index in [9.17, 15) is 19.7 Å². The minimum absolute atomic E-state index is 0.0945. The van der Waals surface area contributed by atoms with Crippen molar-refractivity contribution in [2.24, 2.45) is 16.7 Å². The first-order chi connectivity index (χ1) is 10.7. The van der Waals surface area contributed by atoms with Crippen LogP contribution in [0.1, 0.15) is 39.2 Å². The van der Waals surface area contributed by atoms with Crippen LogP contribution in [0.25, 0.3) is 6.08 Å². The Bertz CT molecular complexity index is 762. The lowest BCUT2D eigenvalue weighted by atomic mass is 9.57. The number of nitrogens with zero attached hydrogens (tertiary/aromatic N) is 1.